The zero-order valence-electron chi connectivity index (χ0n) is 9.48. The van der Waals surface area contributed by atoms with Gasteiger partial charge in [-0.1, -0.05) is 17.7 Å². The molecule has 0 fully saturated rings. The van der Waals surface area contributed by atoms with Crippen molar-refractivity contribution in [2.45, 2.75) is 13.2 Å². The molecule has 0 saturated heterocycles. The van der Waals surface area contributed by atoms with Crippen LogP contribution in [0.5, 0.6) is 11.5 Å². The fourth-order valence-electron chi connectivity index (χ4n) is 2.21. The molecule has 3 nitrogen and oxygen atoms in total. The normalized spacial score (nSPS) is 13.6. The highest BCUT2D eigenvalue weighted by atomic mass is 35.5. The van der Waals surface area contributed by atoms with Crippen LogP contribution in [0.4, 0.5) is 0 Å². The Morgan fingerprint density at radius 3 is 2.44 bits per heavy atom. The summed E-state index contributed by atoms with van der Waals surface area (Å²) in [5.74, 6) is 0.270. The third kappa shape index (κ3) is 1.82. The second kappa shape index (κ2) is 4.19. The second-order valence-corrected chi connectivity index (χ2v) is 4.70. The van der Waals surface area contributed by atoms with E-state index in [-0.39, 0.29) is 11.5 Å². The van der Waals surface area contributed by atoms with Gasteiger partial charge in [-0.05, 0) is 46.5 Å². The predicted molar refractivity (Wildman–Crippen MR) is 68.7 cm³/mol. The molecule has 2 aromatic rings. The first kappa shape index (κ1) is 11.4. The summed E-state index contributed by atoms with van der Waals surface area (Å²) < 4.78 is 5.53. The first-order valence-electron chi connectivity index (χ1n) is 5.56. The van der Waals surface area contributed by atoms with Crippen molar-refractivity contribution in [2.75, 3.05) is 0 Å². The van der Waals surface area contributed by atoms with E-state index in [9.17, 15) is 10.2 Å². The minimum atomic E-state index is 0.0567. The summed E-state index contributed by atoms with van der Waals surface area (Å²) in [6, 6.07) is 8.52. The Kier molecular flexibility index (Phi) is 2.65. The van der Waals surface area contributed by atoms with Crippen molar-refractivity contribution < 1.29 is 14.9 Å². The highest BCUT2D eigenvalue weighted by Gasteiger charge is 2.17. The van der Waals surface area contributed by atoms with E-state index in [2.05, 4.69) is 0 Å². The van der Waals surface area contributed by atoms with Gasteiger partial charge in [-0.2, -0.15) is 0 Å². The van der Waals surface area contributed by atoms with Crippen LogP contribution in [0.2, 0.25) is 5.02 Å². The van der Waals surface area contributed by atoms with Gasteiger partial charge < -0.3 is 14.9 Å². The van der Waals surface area contributed by atoms with Crippen LogP contribution in [0.25, 0.3) is 11.1 Å². The minimum Gasteiger partial charge on any atom is -0.508 e. The maximum atomic E-state index is 9.63. The van der Waals surface area contributed by atoms with Gasteiger partial charge in [-0.15, -0.1) is 0 Å². The molecule has 2 aromatic carbocycles. The molecule has 0 radical (unpaired) electrons. The first-order chi connectivity index (χ1) is 8.65. The van der Waals surface area contributed by atoms with Gasteiger partial charge in [-0.25, -0.2) is 0 Å². The molecule has 0 aliphatic carbocycles. The van der Waals surface area contributed by atoms with Gasteiger partial charge in [0.05, 0.1) is 18.2 Å². The molecule has 0 unspecified atom stereocenters. The van der Waals surface area contributed by atoms with Crippen LogP contribution in [-0.4, -0.2) is 10.2 Å². The fourth-order valence-corrected chi connectivity index (χ4v) is 2.37. The summed E-state index contributed by atoms with van der Waals surface area (Å²) in [7, 11) is 0. The monoisotopic (exact) mass is 262 g/mol. The van der Waals surface area contributed by atoms with E-state index in [0.29, 0.717) is 18.2 Å². The molecule has 1 aliphatic rings. The Morgan fingerprint density at radius 2 is 1.67 bits per heavy atom. The molecule has 1 aliphatic heterocycles. The topological polar surface area (TPSA) is 49.7 Å². The summed E-state index contributed by atoms with van der Waals surface area (Å²) in [5.41, 5.74) is 3.71. The zero-order valence-corrected chi connectivity index (χ0v) is 10.2. The van der Waals surface area contributed by atoms with Crippen molar-refractivity contribution in [1.82, 2.24) is 0 Å². The van der Waals surface area contributed by atoms with E-state index in [1.807, 2.05) is 6.07 Å². The Morgan fingerprint density at radius 1 is 0.944 bits per heavy atom. The van der Waals surface area contributed by atoms with Crippen molar-refractivity contribution in [1.29, 1.82) is 0 Å². The van der Waals surface area contributed by atoms with Crippen LogP contribution >= 0.6 is 11.6 Å². The number of aromatic hydroxyl groups is 2. The maximum Gasteiger partial charge on any atom is 0.134 e. The number of fused-ring (bicyclic) bond motifs is 3. The number of rotatable bonds is 0. The van der Waals surface area contributed by atoms with Gasteiger partial charge in [0.25, 0.3) is 0 Å². The summed E-state index contributed by atoms with van der Waals surface area (Å²) in [4.78, 5) is 0. The van der Waals surface area contributed by atoms with E-state index in [1.165, 1.54) is 0 Å². The van der Waals surface area contributed by atoms with E-state index in [0.717, 1.165) is 22.3 Å². The highest BCUT2D eigenvalue weighted by Crippen LogP contribution is 2.38. The Hall–Kier alpha value is -1.71. The molecular formula is C14H11ClO3. The van der Waals surface area contributed by atoms with Crippen LogP contribution in [0.15, 0.2) is 30.3 Å². The zero-order chi connectivity index (χ0) is 12.7. The lowest BCUT2D eigenvalue weighted by molar-refractivity contribution is 0.109. The number of phenols is 2. The van der Waals surface area contributed by atoms with Gasteiger partial charge in [0, 0.05) is 0 Å². The van der Waals surface area contributed by atoms with Crippen LogP contribution in [-0.2, 0) is 18.0 Å². The molecule has 0 bridgehead atoms. The lowest BCUT2D eigenvalue weighted by Crippen LogP contribution is -1.90. The first-order valence-corrected chi connectivity index (χ1v) is 5.94. The van der Waals surface area contributed by atoms with Gasteiger partial charge in [0.1, 0.15) is 11.5 Å². The number of ether oxygens (including phenoxy) is 1. The number of hydrogen-bond donors (Lipinski definition) is 2. The molecule has 3 rings (SSSR count). The Bertz CT molecular complexity index is 623. The molecule has 1 heterocycles. The van der Waals surface area contributed by atoms with Crippen LogP contribution in [0.1, 0.15) is 11.1 Å². The highest BCUT2D eigenvalue weighted by molar-refractivity contribution is 6.32. The average molecular weight is 263 g/mol. The number of benzene rings is 2. The predicted octanol–water partition coefficient (Wildman–Crippen LogP) is 3.45. The van der Waals surface area contributed by atoms with Gasteiger partial charge >= 0.3 is 0 Å². The summed E-state index contributed by atoms with van der Waals surface area (Å²) in [5, 5.41) is 19.5. The van der Waals surface area contributed by atoms with Crippen LogP contribution in [0.3, 0.4) is 0 Å². The molecule has 0 atom stereocenters. The fraction of sp³-hybridized carbons (Fsp3) is 0.143. The van der Waals surface area contributed by atoms with E-state index >= 15 is 0 Å². The number of phenolic OH excluding ortho intramolecular Hbond substituents is 2. The largest absolute Gasteiger partial charge is 0.508 e. The molecule has 18 heavy (non-hydrogen) atoms. The lowest BCUT2D eigenvalue weighted by atomic mass is 9.96. The van der Waals surface area contributed by atoms with E-state index in [1.54, 1.807) is 24.3 Å². The Labute approximate surface area is 109 Å². The van der Waals surface area contributed by atoms with Crippen molar-refractivity contribution in [3.63, 3.8) is 0 Å². The van der Waals surface area contributed by atoms with E-state index < -0.39 is 0 Å². The summed E-state index contributed by atoms with van der Waals surface area (Å²) in [6.07, 6.45) is 0. The van der Waals surface area contributed by atoms with E-state index in [4.69, 9.17) is 16.3 Å². The van der Waals surface area contributed by atoms with Gasteiger partial charge in [0.2, 0.25) is 0 Å². The average Bonchev–Trinajstić information content (AvgIpc) is 2.49. The number of halogens is 1. The van der Waals surface area contributed by atoms with Crippen molar-refractivity contribution in [3.8, 4) is 22.6 Å². The molecular weight excluding hydrogens is 252 g/mol. The second-order valence-electron chi connectivity index (χ2n) is 4.30. The van der Waals surface area contributed by atoms with Crippen molar-refractivity contribution in [3.05, 3.63) is 46.5 Å². The lowest BCUT2D eigenvalue weighted by Gasteiger charge is -2.10. The minimum absolute atomic E-state index is 0.0567. The molecule has 0 amide bonds. The maximum absolute atomic E-state index is 9.63. The van der Waals surface area contributed by atoms with Crippen molar-refractivity contribution >= 4 is 11.6 Å². The van der Waals surface area contributed by atoms with Gasteiger partial charge in [-0.3, -0.25) is 0 Å². The summed E-state index contributed by atoms with van der Waals surface area (Å²) in [6.45, 7) is 0.840. The standard InChI is InChI=1S/C14H11ClO3/c15-13-5-12-9(4-14(13)17)7-18-6-8-3-10(16)1-2-11(8)12/h1-5,16-17H,6-7H2. The molecule has 4 heteroatoms. The third-order valence-electron chi connectivity index (χ3n) is 3.07. The van der Waals surface area contributed by atoms with Crippen LogP contribution in [0, 0.1) is 0 Å². The quantitative estimate of drug-likeness (QED) is 0.765. The third-order valence-corrected chi connectivity index (χ3v) is 3.37. The molecule has 92 valence electrons. The van der Waals surface area contributed by atoms with Crippen LogP contribution < -0.4 is 0 Å². The molecule has 0 aromatic heterocycles. The molecule has 0 saturated carbocycles. The smallest absolute Gasteiger partial charge is 0.134 e. The molecule has 0 spiro atoms. The van der Waals surface area contributed by atoms with Crippen molar-refractivity contribution in [2.24, 2.45) is 0 Å². The molecule has 2 N–H and O–H groups in total. The Balaban J connectivity index is 2.27. The number of hydrogen-bond acceptors (Lipinski definition) is 3. The SMILES string of the molecule is Oc1ccc2c(c1)COCc1cc(O)c(Cl)cc1-2. The summed E-state index contributed by atoms with van der Waals surface area (Å²) >= 11 is 5.96. The van der Waals surface area contributed by atoms with Gasteiger partial charge in [0.15, 0.2) is 0 Å².